The summed E-state index contributed by atoms with van der Waals surface area (Å²) in [6.45, 7) is 0. The number of hydrogen-bond acceptors (Lipinski definition) is 3. The molecule has 0 aromatic heterocycles. The van der Waals surface area contributed by atoms with Crippen LogP contribution in [-0.4, -0.2) is 28.8 Å². The minimum atomic E-state index is -5.34. The molecule has 148 valence electrons. The van der Waals surface area contributed by atoms with E-state index in [-0.39, 0.29) is 21.2 Å². The molecule has 0 saturated carbocycles. The number of amides is 2. The number of aliphatic hydroxyl groups is 1. The van der Waals surface area contributed by atoms with Gasteiger partial charge in [-0.1, -0.05) is 59.6 Å². The summed E-state index contributed by atoms with van der Waals surface area (Å²) in [4.78, 5) is 24.9. The molecule has 1 aliphatic heterocycles. The molecule has 1 saturated heterocycles. The van der Waals surface area contributed by atoms with Crippen LogP contribution in [0, 0.1) is 5.92 Å². The third-order valence-electron chi connectivity index (χ3n) is 4.44. The van der Waals surface area contributed by atoms with E-state index in [0.29, 0.717) is 0 Å². The van der Waals surface area contributed by atoms with E-state index in [1.165, 1.54) is 47.8 Å². The lowest BCUT2D eigenvalue weighted by atomic mass is 9.77. The van der Waals surface area contributed by atoms with Gasteiger partial charge in [0.1, 0.15) is 5.92 Å². The van der Waals surface area contributed by atoms with Crippen molar-refractivity contribution in [3.63, 3.8) is 0 Å². The zero-order valence-corrected chi connectivity index (χ0v) is 15.4. The summed E-state index contributed by atoms with van der Waals surface area (Å²) in [6, 6.07) is 8.22. The van der Waals surface area contributed by atoms with Gasteiger partial charge in [0.2, 0.25) is 5.72 Å². The maximum absolute atomic E-state index is 13.8. The van der Waals surface area contributed by atoms with Crippen LogP contribution in [0.4, 0.5) is 18.0 Å². The highest BCUT2D eigenvalue weighted by Crippen LogP contribution is 2.45. The van der Waals surface area contributed by atoms with Crippen molar-refractivity contribution in [2.45, 2.75) is 17.9 Å². The molecule has 1 aliphatic rings. The Bertz CT molecular complexity index is 924. The molecule has 1 fully saturated rings. The fourth-order valence-corrected chi connectivity index (χ4v) is 3.66. The molecule has 0 aliphatic carbocycles. The van der Waals surface area contributed by atoms with Gasteiger partial charge in [-0.25, -0.2) is 4.79 Å². The SMILES string of the molecule is O=C1N[C@H](c2ccc(Cl)cc2Cl)[C@H](C(=O)c2ccccc2)[C@](O)(C(F)(F)F)N1. The normalized spacial score (nSPS) is 25.0. The molecule has 5 nitrogen and oxygen atoms in total. The van der Waals surface area contributed by atoms with Crippen LogP contribution in [0.5, 0.6) is 0 Å². The number of urea groups is 1. The summed E-state index contributed by atoms with van der Waals surface area (Å²) in [5.41, 5.74) is -3.86. The van der Waals surface area contributed by atoms with Crippen LogP contribution in [0.3, 0.4) is 0 Å². The Morgan fingerprint density at radius 3 is 2.32 bits per heavy atom. The lowest BCUT2D eigenvalue weighted by molar-refractivity contribution is -0.287. The molecule has 1 heterocycles. The zero-order valence-electron chi connectivity index (χ0n) is 13.9. The highest BCUT2D eigenvalue weighted by molar-refractivity contribution is 6.35. The molecule has 0 spiro atoms. The predicted molar refractivity (Wildman–Crippen MR) is 96.1 cm³/mol. The van der Waals surface area contributed by atoms with Gasteiger partial charge in [-0.15, -0.1) is 0 Å². The van der Waals surface area contributed by atoms with Gasteiger partial charge in [0.05, 0.1) is 6.04 Å². The van der Waals surface area contributed by atoms with E-state index in [4.69, 9.17) is 23.2 Å². The van der Waals surface area contributed by atoms with Gasteiger partial charge in [-0.3, -0.25) is 4.79 Å². The van der Waals surface area contributed by atoms with Crippen molar-refractivity contribution < 1.29 is 27.9 Å². The minimum absolute atomic E-state index is 0.0119. The second-order valence-corrected chi connectivity index (χ2v) is 7.06. The maximum Gasteiger partial charge on any atom is 0.437 e. The van der Waals surface area contributed by atoms with Crippen molar-refractivity contribution in [2.24, 2.45) is 5.92 Å². The molecule has 3 atom stereocenters. The zero-order chi connectivity index (χ0) is 20.7. The van der Waals surface area contributed by atoms with Gasteiger partial charge in [-0.05, 0) is 17.7 Å². The molecule has 10 heteroatoms. The van der Waals surface area contributed by atoms with Crippen molar-refractivity contribution in [3.8, 4) is 0 Å². The first-order valence-corrected chi connectivity index (χ1v) is 8.72. The smallest absolute Gasteiger partial charge is 0.363 e. The first-order valence-electron chi connectivity index (χ1n) is 7.96. The quantitative estimate of drug-likeness (QED) is 0.638. The van der Waals surface area contributed by atoms with Gasteiger partial charge >= 0.3 is 12.2 Å². The second kappa shape index (κ2) is 7.27. The summed E-state index contributed by atoms with van der Waals surface area (Å²) >= 11 is 11.9. The average Bonchev–Trinajstić information content (AvgIpc) is 2.60. The fourth-order valence-electron chi connectivity index (χ4n) is 3.13. The number of halogens is 5. The number of nitrogens with one attached hydrogen (secondary N) is 2. The molecule has 2 aromatic rings. The van der Waals surface area contributed by atoms with Gasteiger partial charge < -0.3 is 15.7 Å². The molecule has 3 N–H and O–H groups in total. The van der Waals surface area contributed by atoms with E-state index in [0.717, 1.165) is 0 Å². The first-order chi connectivity index (χ1) is 13.0. The summed E-state index contributed by atoms with van der Waals surface area (Å²) in [5.74, 6) is -3.17. The Kier molecular flexibility index (Phi) is 5.31. The van der Waals surface area contributed by atoms with Crippen LogP contribution < -0.4 is 10.6 Å². The summed E-state index contributed by atoms with van der Waals surface area (Å²) < 4.78 is 41.3. The largest absolute Gasteiger partial charge is 0.437 e. The molecule has 2 amide bonds. The lowest BCUT2D eigenvalue weighted by Gasteiger charge is -2.45. The summed E-state index contributed by atoms with van der Waals surface area (Å²) in [7, 11) is 0. The molecular formula is C18H13Cl2F3N2O3. The van der Waals surface area contributed by atoms with E-state index in [2.05, 4.69) is 5.32 Å². The van der Waals surface area contributed by atoms with E-state index in [9.17, 15) is 27.9 Å². The standard InChI is InChI=1S/C18H13Cl2F3N2O3/c19-10-6-7-11(12(20)8-10)14-13(15(26)9-4-2-1-3-5-9)17(28,18(21,22)23)25-16(27)24-14/h1-8,13-14,28H,(H2,24,25,27)/t13-,14-,17+/m1/s1. The van der Waals surface area contributed by atoms with Crippen LogP contribution >= 0.6 is 23.2 Å². The number of carbonyl (C=O) groups excluding carboxylic acids is 2. The minimum Gasteiger partial charge on any atom is -0.363 e. The lowest BCUT2D eigenvalue weighted by Crippen LogP contribution is -2.72. The number of ketones is 1. The predicted octanol–water partition coefficient (Wildman–Crippen LogP) is 4.10. The van der Waals surface area contributed by atoms with Crippen molar-refractivity contribution in [2.75, 3.05) is 0 Å². The Morgan fingerprint density at radius 1 is 1.11 bits per heavy atom. The number of carbonyl (C=O) groups is 2. The van der Waals surface area contributed by atoms with Crippen LogP contribution in [0.1, 0.15) is 22.0 Å². The van der Waals surface area contributed by atoms with Crippen molar-refractivity contribution in [1.29, 1.82) is 0 Å². The van der Waals surface area contributed by atoms with Gasteiger partial charge in [0.15, 0.2) is 5.78 Å². The first kappa shape index (κ1) is 20.4. The highest BCUT2D eigenvalue weighted by Gasteiger charge is 2.66. The number of hydrogen-bond donors (Lipinski definition) is 3. The Labute approximate surface area is 167 Å². The third kappa shape index (κ3) is 3.55. The Hall–Kier alpha value is -2.29. The van der Waals surface area contributed by atoms with Gasteiger partial charge in [0.25, 0.3) is 0 Å². The number of rotatable bonds is 3. The van der Waals surface area contributed by atoms with Crippen LogP contribution in [0.15, 0.2) is 48.5 Å². The second-order valence-electron chi connectivity index (χ2n) is 6.21. The maximum atomic E-state index is 13.8. The van der Waals surface area contributed by atoms with Crippen LogP contribution in [0.2, 0.25) is 10.0 Å². The number of alkyl halides is 3. The van der Waals surface area contributed by atoms with Gasteiger partial charge in [0, 0.05) is 15.6 Å². The third-order valence-corrected chi connectivity index (χ3v) is 5.01. The topological polar surface area (TPSA) is 78.4 Å². The van der Waals surface area contributed by atoms with E-state index in [1.807, 2.05) is 0 Å². The monoisotopic (exact) mass is 432 g/mol. The van der Waals surface area contributed by atoms with E-state index >= 15 is 0 Å². The summed E-state index contributed by atoms with van der Waals surface area (Å²) in [6.07, 6.45) is -5.34. The molecule has 0 radical (unpaired) electrons. The fraction of sp³-hybridized carbons (Fsp3) is 0.222. The highest BCUT2D eigenvalue weighted by atomic mass is 35.5. The number of Topliss-reactive ketones (excluding diaryl/α,β-unsaturated/α-hetero) is 1. The molecule has 3 rings (SSSR count). The molecule has 0 unspecified atom stereocenters. The van der Waals surface area contributed by atoms with Gasteiger partial charge in [-0.2, -0.15) is 13.2 Å². The molecule has 0 bridgehead atoms. The van der Waals surface area contributed by atoms with Crippen molar-refractivity contribution in [3.05, 3.63) is 69.7 Å². The van der Waals surface area contributed by atoms with Crippen molar-refractivity contribution in [1.82, 2.24) is 10.6 Å². The van der Waals surface area contributed by atoms with E-state index in [1.54, 1.807) is 6.07 Å². The molecular weight excluding hydrogens is 420 g/mol. The van der Waals surface area contributed by atoms with E-state index < -0.39 is 35.7 Å². The molecule has 28 heavy (non-hydrogen) atoms. The van der Waals surface area contributed by atoms with Crippen molar-refractivity contribution >= 4 is 35.0 Å². The number of benzene rings is 2. The average molecular weight is 433 g/mol. The Balaban J connectivity index is 2.20. The Morgan fingerprint density at radius 2 is 1.75 bits per heavy atom. The van der Waals surface area contributed by atoms with Crippen LogP contribution in [-0.2, 0) is 0 Å². The molecule has 2 aromatic carbocycles. The van der Waals surface area contributed by atoms with Crippen LogP contribution in [0.25, 0.3) is 0 Å². The summed E-state index contributed by atoms with van der Waals surface area (Å²) in [5, 5.41) is 14.3.